The number of carbonyl (C=O) groups is 4. The minimum absolute atomic E-state index is 0.0581. The number of nitrogens with one attached hydrogen (secondary N) is 3. The lowest BCUT2D eigenvalue weighted by atomic mass is 10.0. The SMILES string of the molecule is CC(C)C(NC(=O)C(N)CCCN=C(N)N)C(=O)NCC(=O)NC(CO)C(=O)O. The van der Waals surface area contributed by atoms with E-state index in [1.165, 1.54) is 0 Å². The van der Waals surface area contributed by atoms with Crippen LogP contribution in [0.1, 0.15) is 26.7 Å². The molecule has 0 aliphatic rings. The zero-order valence-corrected chi connectivity index (χ0v) is 16.6. The monoisotopic (exact) mass is 417 g/mol. The lowest BCUT2D eigenvalue weighted by molar-refractivity contribution is -0.142. The molecule has 166 valence electrons. The molecule has 0 fully saturated rings. The van der Waals surface area contributed by atoms with E-state index in [-0.39, 0.29) is 11.9 Å². The Hall–Kier alpha value is -2.93. The Bertz CT molecular complexity index is 607. The van der Waals surface area contributed by atoms with E-state index >= 15 is 0 Å². The van der Waals surface area contributed by atoms with Crippen LogP contribution in [0.25, 0.3) is 0 Å². The Balaban J connectivity index is 4.62. The molecule has 3 amide bonds. The molecular weight excluding hydrogens is 386 g/mol. The number of aliphatic hydroxyl groups is 1. The van der Waals surface area contributed by atoms with Crippen LogP contribution in [0.5, 0.6) is 0 Å². The number of carboxylic acids is 1. The molecule has 0 bridgehead atoms. The summed E-state index contributed by atoms with van der Waals surface area (Å²) >= 11 is 0. The summed E-state index contributed by atoms with van der Waals surface area (Å²) < 4.78 is 0. The van der Waals surface area contributed by atoms with Crippen LogP contribution in [0.2, 0.25) is 0 Å². The topological polar surface area (TPSA) is 235 Å². The summed E-state index contributed by atoms with van der Waals surface area (Å²) in [6.45, 7) is 2.40. The number of hydrogen-bond donors (Lipinski definition) is 8. The van der Waals surface area contributed by atoms with Crippen molar-refractivity contribution < 1.29 is 29.4 Å². The van der Waals surface area contributed by atoms with Gasteiger partial charge in [-0.2, -0.15) is 0 Å². The summed E-state index contributed by atoms with van der Waals surface area (Å²) in [6.07, 6.45) is 0.774. The maximum absolute atomic E-state index is 12.3. The van der Waals surface area contributed by atoms with E-state index in [1.54, 1.807) is 13.8 Å². The molecule has 0 saturated heterocycles. The number of aliphatic hydroxyl groups excluding tert-OH is 1. The summed E-state index contributed by atoms with van der Waals surface area (Å²) in [4.78, 5) is 50.8. The van der Waals surface area contributed by atoms with Crippen LogP contribution in [0.3, 0.4) is 0 Å². The van der Waals surface area contributed by atoms with Gasteiger partial charge in [0.15, 0.2) is 5.96 Å². The molecule has 0 spiro atoms. The lowest BCUT2D eigenvalue weighted by Gasteiger charge is -2.23. The van der Waals surface area contributed by atoms with Crippen molar-refractivity contribution in [2.24, 2.45) is 28.1 Å². The summed E-state index contributed by atoms with van der Waals surface area (Å²) in [7, 11) is 0. The number of carbonyl (C=O) groups excluding carboxylic acids is 3. The first-order valence-corrected chi connectivity index (χ1v) is 9.01. The molecule has 0 aromatic rings. The molecule has 29 heavy (non-hydrogen) atoms. The van der Waals surface area contributed by atoms with Gasteiger partial charge in [-0.3, -0.25) is 19.4 Å². The van der Waals surface area contributed by atoms with Crippen LogP contribution in [0, 0.1) is 5.92 Å². The molecular formula is C16H31N7O6. The molecule has 13 nitrogen and oxygen atoms in total. The fraction of sp³-hybridized carbons (Fsp3) is 0.688. The van der Waals surface area contributed by atoms with Gasteiger partial charge in [-0.25, -0.2) is 4.79 Å². The Morgan fingerprint density at radius 1 is 1.07 bits per heavy atom. The van der Waals surface area contributed by atoms with Crippen molar-refractivity contribution >= 4 is 29.7 Å². The summed E-state index contributed by atoms with van der Waals surface area (Å²) in [6, 6.07) is -3.30. The molecule has 0 aliphatic carbocycles. The highest BCUT2D eigenvalue weighted by Gasteiger charge is 2.27. The third kappa shape index (κ3) is 10.8. The first-order valence-electron chi connectivity index (χ1n) is 9.01. The van der Waals surface area contributed by atoms with Crippen molar-refractivity contribution in [3.63, 3.8) is 0 Å². The average molecular weight is 417 g/mol. The number of carboxylic acid groups (broad SMARTS) is 1. The van der Waals surface area contributed by atoms with Gasteiger partial charge in [0, 0.05) is 6.54 Å². The van der Waals surface area contributed by atoms with Crippen LogP contribution in [-0.2, 0) is 19.2 Å². The van der Waals surface area contributed by atoms with Crippen LogP contribution in [-0.4, -0.2) is 77.7 Å². The molecule has 13 heteroatoms. The van der Waals surface area contributed by atoms with Crippen LogP contribution < -0.4 is 33.2 Å². The smallest absolute Gasteiger partial charge is 0.328 e. The Labute approximate surface area is 168 Å². The highest BCUT2D eigenvalue weighted by Crippen LogP contribution is 2.04. The number of hydrogen-bond acceptors (Lipinski definition) is 7. The van der Waals surface area contributed by atoms with E-state index in [4.69, 9.17) is 27.4 Å². The number of amides is 3. The largest absolute Gasteiger partial charge is 0.480 e. The van der Waals surface area contributed by atoms with Crippen LogP contribution in [0.4, 0.5) is 0 Å². The second-order valence-electron chi connectivity index (χ2n) is 6.64. The standard InChI is InChI=1S/C16H31N7O6/c1-8(2)12(23-13(26)9(17)4-3-5-20-16(18)19)14(27)21-6-11(25)22-10(7-24)15(28)29/h8-10,12,24H,3-7,17H2,1-2H3,(H,21,27)(H,22,25)(H,23,26)(H,28,29)(H4,18,19,20). The van der Waals surface area contributed by atoms with Gasteiger partial charge in [0.05, 0.1) is 19.2 Å². The molecule has 0 aromatic heterocycles. The second-order valence-corrected chi connectivity index (χ2v) is 6.64. The summed E-state index contributed by atoms with van der Waals surface area (Å²) in [5.74, 6) is -3.75. The first kappa shape index (κ1) is 26.1. The number of aliphatic imine (C=N–C) groups is 1. The molecule has 0 aromatic carbocycles. The second kappa shape index (κ2) is 13.3. The van der Waals surface area contributed by atoms with Crippen molar-refractivity contribution in [1.29, 1.82) is 0 Å². The molecule has 0 aliphatic heterocycles. The highest BCUT2D eigenvalue weighted by atomic mass is 16.4. The van der Waals surface area contributed by atoms with E-state index in [9.17, 15) is 19.2 Å². The lowest BCUT2D eigenvalue weighted by Crippen LogP contribution is -2.55. The van der Waals surface area contributed by atoms with E-state index in [1.807, 2.05) is 5.32 Å². The molecule has 0 saturated carbocycles. The van der Waals surface area contributed by atoms with Crippen molar-refractivity contribution in [2.45, 2.75) is 44.8 Å². The number of nitrogens with two attached hydrogens (primary N) is 3. The van der Waals surface area contributed by atoms with Gasteiger partial charge in [-0.15, -0.1) is 0 Å². The van der Waals surface area contributed by atoms with E-state index in [0.29, 0.717) is 19.4 Å². The summed E-state index contributed by atoms with van der Waals surface area (Å²) in [5.41, 5.74) is 16.2. The Kier molecular flexibility index (Phi) is 11.9. The van der Waals surface area contributed by atoms with E-state index in [2.05, 4.69) is 15.6 Å². The van der Waals surface area contributed by atoms with Gasteiger partial charge >= 0.3 is 5.97 Å². The number of guanidine groups is 1. The van der Waals surface area contributed by atoms with E-state index < -0.39 is 55.0 Å². The fourth-order valence-electron chi connectivity index (χ4n) is 2.15. The zero-order chi connectivity index (χ0) is 22.6. The van der Waals surface area contributed by atoms with Gasteiger partial charge in [-0.1, -0.05) is 13.8 Å². The van der Waals surface area contributed by atoms with Crippen molar-refractivity contribution in [3.05, 3.63) is 0 Å². The van der Waals surface area contributed by atoms with Crippen molar-refractivity contribution in [3.8, 4) is 0 Å². The van der Waals surface area contributed by atoms with Gasteiger partial charge in [0.2, 0.25) is 17.7 Å². The predicted molar refractivity (Wildman–Crippen MR) is 104 cm³/mol. The summed E-state index contributed by atoms with van der Waals surface area (Å²) in [5, 5.41) is 24.5. The molecule has 3 atom stereocenters. The van der Waals surface area contributed by atoms with Crippen LogP contribution >= 0.6 is 0 Å². The van der Waals surface area contributed by atoms with Gasteiger partial charge in [-0.05, 0) is 18.8 Å². The van der Waals surface area contributed by atoms with Crippen molar-refractivity contribution in [1.82, 2.24) is 16.0 Å². The maximum Gasteiger partial charge on any atom is 0.328 e. The fourth-order valence-corrected chi connectivity index (χ4v) is 2.15. The zero-order valence-electron chi connectivity index (χ0n) is 16.6. The third-order valence-corrected chi connectivity index (χ3v) is 3.79. The van der Waals surface area contributed by atoms with Gasteiger partial charge in [0.1, 0.15) is 12.1 Å². The highest BCUT2D eigenvalue weighted by molar-refractivity contribution is 5.92. The molecule has 3 unspecified atom stereocenters. The predicted octanol–water partition coefficient (Wildman–Crippen LogP) is -3.81. The Morgan fingerprint density at radius 3 is 2.17 bits per heavy atom. The molecule has 0 rings (SSSR count). The molecule has 0 radical (unpaired) electrons. The quantitative estimate of drug-likeness (QED) is 0.0831. The minimum atomic E-state index is -1.48. The molecule has 0 heterocycles. The number of nitrogens with zero attached hydrogens (tertiary/aromatic N) is 1. The Morgan fingerprint density at radius 2 is 1.69 bits per heavy atom. The van der Waals surface area contributed by atoms with Gasteiger partial charge < -0.3 is 43.4 Å². The minimum Gasteiger partial charge on any atom is -0.480 e. The average Bonchev–Trinajstić information content (AvgIpc) is 2.64. The number of rotatable bonds is 13. The maximum atomic E-state index is 12.3. The van der Waals surface area contributed by atoms with E-state index in [0.717, 1.165) is 0 Å². The third-order valence-electron chi connectivity index (χ3n) is 3.79. The normalized spacial score (nSPS) is 13.7. The molecule has 11 N–H and O–H groups in total. The number of aliphatic carboxylic acids is 1. The van der Waals surface area contributed by atoms with Gasteiger partial charge in [0.25, 0.3) is 0 Å². The van der Waals surface area contributed by atoms with Crippen LogP contribution in [0.15, 0.2) is 4.99 Å². The first-order chi connectivity index (χ1) is 13.5. The van der Waals surface area contributed by atoms with Crippen molar-refractivity contribution in [2.75, 3.05) is 19.7 Å².